The minimum absolute atomic E-state index is 0.0945. The number of benzene rings is 1. The summed E-state index contributed by atoms with van der Waals surface area (Å²) < 4.78 is 10.7. The van der Waals surface area contributed by atoms with E-state index >= 15 is 0 Å². The van der Waals surface area contributed by atoms with Crippen LogP contribution in [0.25, 0.3) is 6.08 Å². The number of hydrogen-bond donors (Lipinski definition) is 0. The highest BCUT2D eigenvalue weighted by Crippen LogP contribution is 2.29. The third kappa shape index (κ3) is 4.92. The molecule has 0 saturated carbocycles. The second-order valence-corrected chi connectivity index (χ2v) is 6.87. The Morgan fingerprint density at radius 1 is 1.28 bits per heavy atom. The van der Waals surface area contributed by atoms with E-state index < -0.39 is 11.5 Å². The monoisotopic (exact) mass is 344 g/mol. The summed E-state index contributed by atoms with van der Waals surface area (Å²) in [5.74, 6) is -0.483. The van der Waals surface area contributed by atoms with E-state index in [2.05, 4.69) is 4.99 Å². The Kier molecular flexibility index (Phi) is 5.62. The second-order valence-electron chi connectivity index (χ2n) is 6.87. The van der Waals surface area contributed by atoms with Crippen LogP contribution in [-0.2, 0) is 19.1 Å². The van der Waals surface area contributed by atoms with E-state index in [0.29, 0.717) is 0 Å². The molecule has 0 spiro atoms. The fraction of sp³-hybridized carbons (Fsp3) is 0.421. The van der Waals surface area contributed by atoms with Crippen LogP contribution in [0, 0.1) is 5.41 Å². The van der Waals surface area contributed by atoms with E-state index in [4.69, 9.17) is 9.47 Å². The number of ether oxygens (including phenoxy) is 2. The van der Waals surface area contributed by atoms with Gasteiger partial charge in [0.1, 0.15) is 6.61 Å². The van der Waals surface area contributed by atoms with Crippen molar-refractivity contribution in [1.29, 1.82) is 0 Å². The van der Waals surface area contributed by atoms with E-state index in [0.717, 1.165) is 11.3 Å². The maximum Gasteiger partial charge on any atom is 0.302 e. The van der Waals surface area contributed by atoms with Gasteiger partial charge in [-0.1, -0.05) is 26.0 Å². The topological polar surface area (TPSA) is 68.2 Å². The molecule has 6 heteroatoms. The van der Waals surface area contributed by atoms with Gasteiger partial charge in [0.15, 0.2) is 6.10 Å². The molecule has 0 aliphatic carbocycles. The number of nitrogens with zero attached hydrogens (tertiary/aromatic N) is 2. The summed E-state index contributed by atoms with van der Waals surface area (Å²) in [6.07, 6.45) is 2.75. The molecule has 2 rings (SSSR count). The average molecular weight is 344 g/mol. The zero-order chi connectivity index (χ0) is 18.6. The number of esters is 1. The summed E-state index contributed by atoms with van der Waals surface area (Å²) in [6.45, 7) is 5.04. The van der Waals surface area contributed by atoms with Gasteiger partial charge in [-0.05, 0) is 23.8 Å². The van der Waals surface area contributed by atoms with Crippen LogP contribution in [0.3, 0.4) is 0 Å². The molecule has 1 aromatic carbocycles. The van der Waals surface area contributed by atoms with Crippen molar-refractivity contribution in [3.8, 4) is 0 Å². The minimum atomic E-state index is -0.761. The number of aliphatic imine (C=N–C) groups is 1. The summed E-state index contributed by atoms with van der Waals surface area (Å²) in [7, 11) is 3.96. The van der Waals surface area contributed by atoms with Crippen molar-refractivity contribution < 1.29 is 19.1 Å². The second kappa shape index (κ2) is 7.51. The zero-order valence-corrected chi connectivity index (χ0v) is 15.3. The van der Waals surface area contributed by atoms with Crippen molar-refractivity contribution in [2.24, 2.45) is 10.4 Å². The van der Waals surface area contributed by atoms with Crippen LogP contribution < -0.4 is 4.90 Å². The Morgan fingerprint density at radius 2 is 1.92 bits per heavy atom. The Morgan fingerprint density at radius 3 is 2.48 bits per heavy atom. The quantitative estimate of drug-likeness (QED) is 0.742. The molecule has 1 unspecified atom stereocenters. The Balaban J connectivity index is 2.01. The highest BCUT2D eigenvalue weighted by atomic mass is 16.5. The van der Waals surface area contributed by atoms with E-state index in [1.165, 1.54) is 6.92 Å². The van der Waals surface area contributed by atoms with Gasteiger partial charge in [0, 0.05) is 38.2 Å². The van der Waals surface area contributed by atoms with Crippen molar-refractivity contribution in [2.45, 2.75) is 26.9 Å². The van der Waals surface area contributed by atoms with Gasteiger partial charge in [0.2, 0.25) is 5.90 Å². The van der Waals surface area contributed by atoms with Gasteiger partial charge in [-0.2, -0.15) is 4.99 Å². The average Bonchev–Trinajstić information content (AvgIpc) is 2.93. The molecule has 0 saturated heterocycles. The van der Waals surface area contributed by atoms with E-state index in [-0.39, 0.29) is 24.4 Å². The maximum atomic E-state index is 12.1. The molecule has 1 aromatic rings. The number of carbonyl (C=O) groups excluding carboxylic acids is 2. The van der Waals surface area contributed by atoms with Gasteiger partial charge in [0.05, 0.1) is 0 Å². The van der Waals surface area contributed by atoms with Gasteiger partial charge in [-0.15, -0.1) is 0 Å². The molecule has 1 heterocycles. The lowest BCUT2D eigenvalue weighted by molar-refractivity contribution is -0.148. The fourth-order valence-electron chi connectivity index (χ4n) is 2.35. The molecular weight excluding hydrogens is 320 g/mol. The molecule has 1 amide bonds. The zero-order valence-electron chi connectivity index (χ0n) is 15.3. The van der Waals surface area contributed by atoms with E-state index in [1.807, 2.05) is 49.3 Å². The number of rotatable bonds is 6. The molecule has 134 valence electrons. The molecule has 1 atom stereocenters. The fourth-order valence-corrected chi connectivity index (χ4v) is 2.35. The molecule has 25 heavy (non-hydrogen) atoms. The van der Waals surface area contributed by atoms with Crippen LogP contribution in [0.5, 0.6) is 0 Å². The van der Waals surface area contributed by atoms with Gasteiger partial charge in [-0.3, -0.25) is 9.59 Å². The molecular formula is C19H24N2O4. The van der Waals surface area contributed by atoms with Crippen molar-refractivity contribution in [3.63, 3.8) is 0 Å². The highest BCUT2D eigenvalue weighted by molar-refractivity contribution is 6.06. The lowest BCUT2D eigenvalue weighted by atomic mass is 9.87. The van der Waals surface area contributed by atoms with Gasteiger partial charge < -0.3 is 14.4 Å². The summed E-state index contributed by atoms with van der Waals surface area (Å²) >= 11 is 0. The molecule has 0 radical (unpaired) electrons. The van der Waals surface area contributed by atoms with Crippen molar-refractivity contribution in [3.05, 3.63) is 35.9 Å². The van der Waals surface area contributed by atoms with Crippen molar-refractivity contribution in [2.75, 3.05) is 25.6 Å². The summed E-state index contributed by atoms with van der Waals surface area (Å²) in [5, 5.41) is 0. The number of amides is 1. The van der Waals surface area contributed by atoms with Gasteiger partial charge in [-0.25, -0.2) is 0 Å². The molecule has 0 aromatic heterocycles. The summed E-state index contributed by atoms with van der Waals surface area (Å²) in [5.41, 5.74) is 1.43. The molecule has 0 N–H and O–H groups in total. The molecule has 0 fully saturated rings. The Bertz CT molecular complexity index is 703. The third-order valence-electron chi connectivity index (χ3n) is 3.87. The predicted molar refractivity (Wildman–Crippen MR) is 97.5 cm³/mol. The van der Waals surface area contributed by atoms with Crippen LogP contribution in [0.15, 0.2) is 35.3 Å². The van der Waals surface area contributed by atoms with Gasteiger partial charge >= 0.3 is 5.97 Å². The molecule has 6 nitrogen and oxygen atoms in total. The largest absolute Gasteiger partial charge is 0.465 e. The first-order chi connectivity index (χ1) is 11.7. The van der Waals surface area contributed by atoms with Crippen LogP contribution in [0.4, 0.5) is 5.69 Å². The van der Waals surface area contributed by atoms with E-state index in [1.54, 1.807) is 19.9 Å². The first-order valence-electron chi connectivity index (χ1n) is 8.07. The van der Waals surface area contributed by atoms with Gasteiger partial charge in [0.25, 0.3) is 5.91 Å². The lowest BCUT2D eigenvalue weighted by Gasteiger charge is -2.28. The van der Waals surface area contributed by atoms with Crippen molar-refractivity contribution >= 4 is 29.5 Å². The summed E-state index contributed by atoms with van der Waals surface area (Å²) in [4.78, 5) is 29.1. The maximum absolute atomic E-state index is 12.1. The standard InChI is InChI=1S/C19H24N2O4/c1-13(22)24-12-19(2,3)17-18(23)20-16(25-17)11-8-14-6-9-15(10-7-14)21(4)5/h6-11,17H,12H2,1-5H3/b11-8+. The number of hydrogen-bond acceptors (Lipinski definition) is 5. The first kappa shape index (κ1) is 18.7. The smallest absolute Gasteiger partial charge is 0.302 e. The highest BCUT2D eigenvalue weighted by Gasteiger charge is 2.42. The first-order valence-corrected chi connectivity index (χ1v) is 8.07. The van der Waals surface area contributed by atoms with Crippen LogP contribution >= 0.6 is 0 Å². The summed E-state index contributed by atoms with van der Waals surface area (Å²) in [6, 6.07) is 7.97. The van der Waals surface area contributed by atoms with Crippen LogP contribution in [0.2, 0.25) is 0 Å². The minimum Gasteiger partial charge on any atom is -0.465 e. The van der Waals surface area contributed by atoms with Crippen LogP contribution in [0.1, 0.15) is 26.3 Å². The van der Waals surface area contributed by atoms with Crippen molar-refractivity contribution in [1.82, 2.24) is 0 Å². The normalized spacial score (nSPS) is 17.4. The molecule has 1 aliphatic rings. The molecule has 1 aliphatic heterocycles. The lowest BCUT2D eigenvalue weighted by Crippen LogP contribution is -2.39. The predicted octanol–water partition coefficient (Wildman–Crippen LogP) is 2.68. The number of carbonyl (C=O) groups is 2. The Labute approximate surface area is 148 Å². The molecule has 0 bridgehead atoms. The SMILES string of the molecule is CC(=O)OCC(C)(C)C1OC(/C=C/c2ccc(N(C)C)cc2)=NC1=O. The Hall–Kier alpha value is -2.63. The van der Waals surface area contributed by atoms with Crippen LogP contribution in [-0.4, -0.2) is 44.6 Å². The number of anilines is 1. The third-order valence-corrected chi connectivity index (χ3v) is 3.87. The van der Waals surface area contributed by atoms with E-state index in [9.17, 15) is 9.59 Å².